The van der Waals surface area contributed by atoms with E-state index in [1.165, 1.54) is 11.9 Å². The number of rotatable bonds is 6. The van der Waals surface area contributed by atoms with Gasteiger partial charge in [0.05, 0.1) is 0 Å². The fourth-order valence-electron chi connectivity index (χ4n) is 3.19. The van der Waals surface area contributed by atoms with Crippen LogP contribution in [0, 0.1) is 0 Å². The molecule has 0 bridgehead atoms. The minimum Gasteiger partial charge on any atom is -0.351 e. The third-order valence-corrected chi connectivity index (χ3v) is 4.41. The van der Waals surface area contributed by atoms with Crippen molar-refractivity contribution in [3.8, 4) is 0 Å². The average molecular weight is 324 g/mol. The van der Waals surface area contributed by atoms with Crippen LogP contribution in [0.3, 0.4) is 0 Å². The molecule has 0 radical (unpaired) electrons. The van der Waals surface area contributed by atoms with E-state index in [4.69, 9.17) is 0 Å². The van der Waals surface area contributed by atoms with Crippen molar-refractivity contribution in [3.63, 3.8) is 0 Å². The summed E-state index contributed by atoms with van der Waals surface area (Å²) >= 11 is 0. The maximum absolute atomic E-state index is 12.3. The normalized spacial score (nSPS) is 16.1. The first-order valence-corrected chi connectivity index (χ1v) is 8.68. The summed E-state index contributed by atoms with van der Waals surface area (Å²) in [5.74, 6) is 0.649. The molecule has 1 unspecified atom stereocenters. The van der Waals surface area contributed by atoms with Crippen molar-refractivity contribution in [1.29, 1.82) is 0 Å². The zero-order valence-corrected chi connectivity index (χ0v) is 14.3. The van der Waals surface area contributed by atoms with E-state index in [1.54, 1.807) is 6.07 Å². The summed E-state index contributed by atoms with van der Waals surface area (Å²) in [7, 11) is 0. The Kier molecular flexibility index (Phi) is 5.08. The highest BCUT2D eigenvalue weighted by Crippen LogP contribution is 2.36. The fraction of sp³-hybridized carbons (Fsp3) is 0.421. The molecule has 1 atom stereocenters. The zero-order valence-electron chi connectivity index (χ0n) is 14.3. The van der Waals surface area contributed by atoms with Crippen molar-refractivity contribution in [2.45, 2.75) is 45.6 Å². The van der Waals surface area contributed by atoms with Crippen molar-refractivity contribution >= 4 is 17.4 Å². The van der Waals surface area contributed by atoms with Gasteiger partial charge in [0.25, 0.3) is 5.91 Å². The molecule has 0 saturated carbocycles. The summed E-state index contributed by atoms with van der Waals surface area (Å²) in [5.41, 5.74) is 2.90. The van der Waals surface area contributed by atoms with Crippen LogP contribution in [0.15, 0.2) is 36.7 Å². The molecule has 1 aliphatic heterocycles. The van der Waals surface area contributed by atoms with Crippen molar-refractivity contribution in [3.05, 3.63) is 47.9 Å². The lowest BCUT2D eigenvalue weighted by molar-refractivity contribution is 0.0948. The summed E-state index contributed by atoms with van der Waals surface area (Å²) < 4.78 is 0. The lowest BCUT2D eigenvalue weighted by Gasteiger charge is -2.23. The number of fused-ring (bicyclic) bond motifs is 1. The van der Waals surface area contributed by atoms with Gasteiger partial charge in [-0.25, -0.2) is 9.97 Å². The van der Waals surface area contributed by atoms with E-state index < -0.39 is 0 Å². The summed E-state index contributed by atoms with van der Waals surface area (Å²) in [6, 6.07) is 10.4. The van der Waals surface area contributed by atoms with E-state index in [0.29, 0.717) is 18.3 Å². The molecule has 1 aliphatic rings. The van der Waals surface area contributed by atoms with Gasteiger partial charge in [0.15, 0.2) is 0 Å². The van der Waals surface area contributed by atoms with E-state index >= 15 is 0 Å². The number of hydrogen-bond acceptors (Lipinski definition) is 4. The molecule has 0 fully saturated rings. The van der Waals surface area contributed by atoms with Crippen molar-refractivity contribution in [2.24, 2.45) is 0 Å². The van der Waals surface area contributed by atoms with Crippen LogP contribution in [0.25, 0.3) is 0 Å². The molecule has 5 nitrogen and oxygen atoms in total. The molecule has 1 aromatic heterocycles. The van der Waals surface area contributed by atoms with Gasteiger partial charge in [-0.05, 0) is 31.4 Å². The molecule has 5 heteroatoms. The fourth-order valence-corrected chi connectivity index (χ4v) is 3.19. The molecular weight excluding hydrogens is 300 g/mol. The number of amides is 1. The van der Waals surface area contributed by atoms with E-state index in [2.05, 4.69) is 52.2 Å². The summed E-state index contributed by atoms with van der Waals surface area (Å²) in [4.78, 5) is 23.0. The topological polar surface area (TPSA) is 58.1 Å². The maximum Gasteiger partial charge on any atom is 0.270 e. The second kappa shape index (κ2) is 7.43. The van der Waals surface area contributed by atoms with E-state index in [-0.39, 0.29) is 5.91 Å². The molecular formula is C19H24N4O. The molecule has 0 saturated heterocycles. The number of aromatic nitrogens is 2. The van der Waals surface area contributed by atoms with Crippen LogP contribution in [-0.4, -0.2) is 28.5 Å². The molecule has 2 aromatic rings. The van der Waals surface area contributed by atoms with Crippen LogP contribution in [0.4, 0.5) is 11.5 Å². The van der Waals surface area contributed by atoms with Gasteiger partial charge in [-0.2, -0.15) is 0 Å². The molecule has 1 amide bonds. The van der Waals surface area contributed by atoms with Crippen LogP contribution in [-0.2, 0) is 6.42 Å². The lowest BCUT2D eigenvalue weighted by atomic mass is 10.1. The molecule has 0 spiro atoms. The zero-order chi connectivity index (χ0) is 16.9. The Morgan fingerprint density at radius 1 is 1.29 bits per heavy atom. The first kappa shape index (κ1) is 16.4. The number of anilines is 2. The van der Waals surface area contributed by atoms with Gasteiger partial charge in [0, 0.05) is 24.3 Å². The Balaban J connectivity index is 1.77. The van der Waals surface area contributed by atoms with Crippen molar-refractivity contribution in [2.75, 3.05) is 11.4 Å². The lowest BCUT2D eigenvalue weighted by Crippen LogP contribution is -2.28. The number of carbonyl (C=O) groups excluding carboxylic acids is 1. The van der Waals surface area contributed by atoms with Crippen molar-refractivity contribution < 1.29 is 4.79 Å². The SMILES string of the molecule is CCCCCNC(=O)c1cc(N2c3ccccc3CC2C)ncn1. The predicted molar refractivity (Wildman–Crippen MR) is 95.6 cm³/mol. The summed E-state index contributed by atoms with van der Waals surface area (Å²) in [6.07, 6.45) is 5.72. The number of unbranched alkanes of at least 4 members (excludes halogenated alkanes) is 2. The first-order valence-electron chi connectivity index (χ1n) is 8.68. The van der Waals surface area contributed by atoms with Gasteiger partial charge < -0.3 is 10.2 Å². The monoisotopic (exact) mass is 324 g/mol. The first-order chi connectivity index (χ1) is 11.7. The van der Waals surface area contributed by atoms with Gasteiger partial charge in [-0.15, -0.1) is 0 Å². The van der Waals surface area contributed by atoms with Gasteiger partial charge in [0.2, 0.25) is 0 Å². The Morgan fingerprint density at radius 3 is 2.96 bits per heavy atom. The van der Waals surface area contributed by atoms with E-state index in [9.17, 15) is 4.79 Å². The van der Waals surface area contributed by atoms with Crippen LogP contribution >= 0.6 is 0 Å². The van der Waals surface area contributed by atoms with Crippen LogP contribution in [0.5, 0.6) is 0 Å². The summed E-state index contributed by atoms with van der Waals surface area (Å²) in [6.45, 7) is 5.01. The van der Waals surface area contributed by atoms with Gasteiger partial charge >= 0.3 is 0 Å². The second-order valence-corrected chi connectivity index (χ2v) is 6.28. The molecule has 2 heterocycles. The van der Waals surface area contributed by atoms with Gasteiger partial charge in [0.1, 0.15) is 17.8 Å². The highest BCUT2D eigenvalue weighted by Gasteiger charge is 2.28. The quantitative estimate of drug-likeness (QED) is 0.827. The van der Waals surface area contributed by atoms with E-state index in [1.807, 2.05) is 6.07 Å². The van der Waals surface area contributed by atoms with Crippen LogP contribution in [0.2, 0.25) is 0 Å². The molecule has 1 aromatic carbocycles. The van der Waals surface area contributed by atoms with Crippen LogP contribution in [0.1, 0.15) is 49.2 Å². The number of carbonyl (C=O) groups is 1. The Hall–Kier alpha value is -2.43. The number of hydrogen-bond donors (Lipinski definition) is 1. The van der Waals surface area contributed by atoms with E-state index in [0.717, 1.165) is 37.2 Å². The average Bonchev–Trinajstić information content (AvgIpc) is 2.94. The number of benzene rings is 1. The van der Waals surface area contributed by atoms with Crippen LogP contribution < -0.4 is 10.2 Å². The molecule has 24 heavy (non-hydrogen) atoms. The maximum atomic E-state index is 12.3. The number of nitrogens with one attached hydrogen (secondary N) is 1. The Bertz CT molecular complexity index is 716. The van der Waals surface area contributed by atoms with Gasteiger partial charge in [-0.1, -0.05) is 38.0 Å². The number of nitrogens with zero attached hydrogens (tertiary/aromatic N) is 3. The minimum atomic E-state index is -0.130. The number of para-hydroxylation sites is 1. The second-order valence-electron chi connectivity index (χ2n) is 6.28. The highest BCUT2D eigenvalue weighted by molar-refractivity contribution is 5.93. The molecule has 1 N–H and O–H groups in total. The minimum absolute atomic E-state index is 0.130. The largest absolute Gasteiger partial charge is 0.351 e. The summed E-state index contributed by atoms with van der Waals surface area (Å²) in [5, 5.41) is 2.93. The Morgan fingerprint density at radius 2 is 2.12 bits per heavy atom. The molecule has 0 aliphatic carbocycles. The molecule has 126 valence electrons. The predicted octanol–water partition coefficient (Wildman–Crippen LogP) is 3.48. The third-order valence-electron chi connectivity index (χ3n) is 4.41. The van der Waals surface area contributed by atoms with Crippen molar-refractivity contribution in [1.82, 2.24) is 15.3 Å². The standard InChI is InChI=1S/C19H24N4O/c1-3-4-7-10-20-19(24)16-12-18(22-13-21-16)23-14(2)11-15-8-5-6-9-17(15)23/h5-6,8-9,12-14H,3-4,7,10-11H2,1-2H3,(H,20,24). The smallest absolute Gasteiger partial charge is 0.270 e. The molecule has 3 rings (SSSR count). The Labute approximate surface area is 143 Å². The van der Waals surface area contributed by atoms with Gasteiger partial charge in [-0.3, -0.25) is 4.79 Å². The highest BCUT2D eigenvalue weighted by atomic mass is 16.1. The third kappa shape index (κ3) is 3.40.